The summed E-state index contributed by atoms with van der Waals surface area (Å²) in [6.45, 7) is -0.927. The van der Waals surface area contributed by atoms with E-state index in [2.05, 4.69) is 5.32 Å². The van der Waals surface area contributed by atoms with Gasteiger partial charge in [0.15, 0.2) is 12.3 Å². The fourth-order valence-electron chi connectivity index (χ4n) is 2.17. The standard InChI is InChI=1S/C12H17N3O8/c16-4-2-13-12(21)23-9-8(19)6(5-17)22-10(9)15-3-1-7(18)14-11(15)20/h1,3,6,8-10,16-17,19H,2,4-5H2,(H,13,21)(H,14,18,20)/t6-,8-,9-,10-/m1/s1. The summed E-state index contributed by atoms with van der Waals surface area (Å²) >= 11 is 0. The number of H-pyrrole nitrogens is 1. The van der Waals surface area contributed by atoms with Crippen molar-refractivity contribution < 1.29 is 29.6 Å². The molecule has 1 amide bonds. The normalized spacial score (nSPS) is 26.9. The van der Waals surface area contributed by atoms with Crippen LogP contribution in [0, 0.1) is 0 Å². The minimum Gasteiger partial charge on any atom is -0.439 e. The summed E-state index contributed by atoms with van der Waals surface area (Å²) in [5.74, 6) is 0. The van der Waals surface area contributed by atoms with Crippen LogP contribution >= 0.6 is 0 Å². The molecule has 1 aliphatic heterocycles. The molecule has 11 heteroatoms. The second-order valence-corrected chi connectivity index (χ2v) is 4.78. The Labute approximate surface area is 129 Å². The second-order valence-electron chi connectivity index (χ2n) is 4.78. The number of aromatic nitrogens is 2. The van der Waals surface area contributed by atoms with E-state index in [4.69, 9.17) is 14.6 Å². The topological polar surface area (TPSA) is 163 Å². The minimum absolute atomic E-state index is 0.0603. The van der Waals surface area contributed by atoms with E-state index in [-0.39, 0.29) is 13.2 Å². The quantitative estimate of drug-likeness (QED) is 0.378. The first-order valence-electron chi connectivity index (χ1n) is 6.79. The Morgan fingerprint density at radius 3 is 2.78 bits per heavy atom. The number of carbonyl (C=O) groups is 1. The molecule has 11 nitrogen and oxygen atoms in total. The van der Waals surface area contributed by atoms with Crippen LogP contribution in [0.1, 0.15) is 6.23 Å². The van der Waals surface area contributed by atoms with E-state index in [0.717, 1.165) is 16.8 Å². The van der Waals surface area contributed by atoms with Crippen LogP contribution in [0.15, 0.2) is 21.9 Å². The monoisotopic (exact) mass is 331 g/mol. The average Bonchev–Trinajstić information content (AvgIpc) is 2.82. The Kier molecular flexibility index (Phi) is 5.50. The van der Waals surface area contributed by atoms with Crippen molar-refractivity contribution in [1.82, 2.24) is 14.9 Å². The van der Waals surface area contributed by atoms with Crippen LogP contribution < -0.4 is 16.6 Å². The molecule has 0 aromatic carbocycles. The van der Waals surface area contributed by atoms with E-state index in [1.165, 1.54) is 0 Å². The summed E-state index contributed by atoms with van der Waals surface area (Å²) in [5, 5.41) is 30.1. The van der Waals surface area contributed by atoms with Crippen LogP contribution in [0.3, 0.4) is 0 Å². The highest BCUT2D eigenvalue weighted by atomic mass is 16.6. The van der Waals surface area contributed by atoms with Gasteiger partial charge in [0.25, 0.3) is 5.56 Å². The lowest BCUT2D eigenvalue weighted by Gasteiger charge is -2.22. The highest BCUT2D eigenvalue weighted by Crippen LogP contribution is 2.30. The Hall–Kier alpha value is -2.21. The van der Waals surface area contributed by atoms with E-state index in [1.54, 1.807) is 0 Å². The summed E-state index contributed by atoms with van der Waals surface area (Å²) in [5.41, 5.74) is -1.45. The summed E-state index contributed by atoms with van der Waals surface area (Å²) in [6.07, 6.45) is -4.80. The van der Waals surface area contributed by atoms with Crippen LogP contribution in [0.5, 0.6) is 0 Å². The largest absolute Gasteiger partial charge is 0.439 e. The number of nitrogens with zero attached hydrogens (tertiary/aromatic N) is 1. The third-order valence-corrected chi connectivity index (χ3v) is 3.24. The first kappa shape index (κ1) is 17.1. The molecular weight excluding hydrogens is 314 g/mol. The minimum atomic E-state index is -1.39. The highest BCUT2D eigenvalue weighted by molar-refractivity contribution is 5.67. The summed E-state index contributed by atoms with van der Waals surface area (Å²) < 4.78 is 11.3. The predicted octanol–water partition coefficient (Wildman–Crippen LogP) is -3.13. The second kappa shape index (κ2) is 7.37. The number of hydrogen-bond acceptors (Lipinski definition) is 8. The molecule has 0 saturated carbocycles. The molecule has 0 aliphatic carbocycles. The molecule has 2 rings (SSSR count). The maximum Gasteiger partial charge on any atom is 0.407 e. The summed E-state index contributed by atoms with van der Waals surface area (Å²) in [6, 6.07) is 1.06. The lowest BCUT2D eigenvalue weighted by molar-refractivity contribution is -0.0570. The van der Waals surface area contributed by atoms with Crippen molar-refractivity contribution in [3.05, 3.63) is 33.1 Å². The van der Waals surface area contributed by atoms with Gasteiger partial charge in [-0.1, -0.05) is 0 Å². The maximum absolute atomic E-state index is 11.8. The first-order valence-corrected chi connectivity index (χ1v) is 6.79. The fraction of sp³-hybridized carbons (Fsp3) is 0.583. The molecular formula is C12H17N3O8. The van der Waals surface area contributed by atoms with Crippen molar-refractivity contribution in [2.45, 2.75) is 24.5 Å². The molecule has 1 aliphatic rings. The molecule has 1 fully saturated rings. The van der Waals surface area contributed by atoms with Crippen molar-refractivity contribution >= 4 is 6.09 Å². The van der Waals surface area contributed by atoms with Crippen molar-refractivity contribution in [3.63, 3.8) is 0 Å². The molecule has 23 heavy (non-hydrogen) atoms. The van der Waals surface area contributed by atoms with Gasteiger partial charge in [0, 0.05) is 18.8 Å². The Bertz CT molecular complexity index is 656. The van der Waals surface area contributed by atoms with Gasteiger partial charge >= 0.3 is 11.8 Å². The zero-order valence-corrected chi connectivity index (χ0v) is 11.9. The third kappa shape index (κ3) is 3.76. The number of rotatable bonds is 5. The Balaban J connectivity index is 2.25. The highest BCUT2D eigenvalue weighted by Gasteiger charge is 2.47. The predicted molar refractivity (Wildman–Crippen MR) is 73.7 cm³/mol. The number of carbonyl (C=O) groups excluding carboxylic acids is 1. The first-order chi connectivity index (χ1) is 11.0. The fourth-order valence-corrected chi connectivity index (χ4v) is 2.17. The van der Waals surface area contributed by atoms with Crippen LogP contribution in [-0.4, -0.2) is 69.0 Å². The van der Waals surface area contributed by atoms with Gasteiger partial charge in [0.1, 0.15) is 12.2 Å². The molecule has 0 spiro atoms. The van der Waals surface area contributed by atoms with Crippen molar-refractivity contribution in [3.8, 4) is 0 Å². The van der Waals surface area contributed by atoms with Crippen molar-refractivity contribution in [2.75, 3.05) is 19.8 Å². The molecule has 1 saturated heterocycles. The average molecular weight is 331 g/mol. The van der Waals surface area contributed by atoms with Gasteiger partial charge in [0.05, 0.1) is 13.2 Å². The number of aromatic amines is 1. The zero-order valence-electron chi connectivity index (χ0n) is 11.9. The van der Waals surface area contributed by atoms with Gasteiger partial charge in [-0.15, -0.1) is 0 Å². The molecule has 0 unspecified atom stereocenters. The van der Waals surface area contributed by atoms with Crippen LogP contribution in [-0.2, 0) is 9.47 Å². The van der Waals surface area contributed by atoms with Crippen LogP contribution in [0.25, 0.3) is 0 Å². The lowest BCUT2D eigenvalue weighted by atomic mass is 10.1. The Morgan fingerprint density at radius 1 is 1.43 bits per heavy atom. The number of aliphatic hydroxyl groups excluding tert-OH is 3. The molecule has 2 heterocycles. The van der Waals surface area contributed by atoms with Gasteiger partial charge in [-0.3, -0.25) is 14.3 Å². The molecule has 4 atom stereocenters. The molecule has 1 aromatic heterocycles. The molecule has 5 N–H and O–H groups in total. The lowest BCUT2D eigenvalue weighted by Crippen LogP contribution is -2.42. The van der Waals surface area contributed by atoms with Gasteiger partial charge < -0.3 is 30.1 Å². The molecule has 0 radical (unpaired) electrons. The van der Waals surface area contributed by atoms with E-state index in [0.29, 0.717) is 0 Å². The van der Waals surface area contributed by atoms with E-state index < -0.39 is 48.5 Å². The number of ether oxygens (including phenoxy) is 2. The van der Waals surface area contributed by atoms with Gasteiger partial charge in [0.2, 0.25) is 0 Å². The van der Waals surface area contributed by atoms with Crippen molar-refractivity contribution in [2.24, 2.45) is 0 Å². The third-order valence-electron chi connectivity index (χ3n) is 3.24. The number of hydrogen-bond donors (Lipinski definition) is 5. The SMILES string of the molecule is O=C(NCCO)O[C@@H]1[C@H](O)[C@@H](CO)O[C@H]1n1ccc(=O)[nH]c1=O. The summed E-state index contributed by atoms with van der Waals surface area (Å²) in [4.78, 5) is 36.5. The number of amides is 1. The maximum atomic E-state index is 11.8. The van der Waals surface area contributed by atoms with Gasteiger partial charge in [-0.25, -0.2) is 9.59 Å². The van der Waals surface area contributed by atoms with E-state index in [1.807, 2.05) is 4.98 Å². The van der Waals surface area contributed by atoms with Gasteiger partial charge in [-0.2, -0.15) is 0 Å². The van der Waals surface area contributed by atoms with Crippen LogP contribution in [0.2, 0.25) is 0 Å². The van der Waals surface area contributed by atoms with E-state index >= 15 is 0 Å². The molecule has 1 aromatic rings. The smallest absolute Gasteiger partial charge is 0.407 e. The molecule has 128 valence electrons. The number of alkyl carbamates (subject to hydrolysis) is 1. The van der Waals surface area contributed by atoms with E-state index in [9.17, 15) is 24.6 Å². The zero-order chi connectivity index (χ0) is 17.0. The summed E-state index contributed by atoms with van der Waals surface area (Å²) in [7, 11) is 0. The Morgan fingerprint density at radius 2 is 2.17 bits per heavy atom. The van der Waals surface area contributed by atoms with Crippen LogP contribution in [0.4, 0.5) is 4.79 Å². The number of nitrogens with one attached hydrogen (secondary N) is 2. The number of aliphatic hydroxyl groups is 3. The van der Waals surface area contributed by atoms with Gasteiger partial charge in [-0.05, 0) is 0 Å². The molecule has 0 bridgehead atoms. The van der Waals surface area contributed by atoms with Crippen molar-refractivity contribution in [1.29, 1.82) is 0 Å².